The molecule has 1 aromatic heterocycles. The van der Waals surface area contributed by atoms with E-state index in [9.17, 15) is 10.1 Å². The number of hydrogen-bond donors (Lipinski definition) is 3. The van der Waals surface area contributed by atoms with Gasteiger partial charge in [0.1, 0.15) is 0 Å². The Morgan fingerprint density at radius 2 is 2.24 bits per heavy atom. The monoisotopic (exact) mass is 297 g/mol. The molecule has 0 bridgehead atoms. The summed E-state index contributed by atoms with van der Waals surface area (Å²) in [6, 6.07) is 1.22. The van der Waals surface area contributed by atoms with Crippen molar-refractivity contribution < 1.29 is 15.2 Å². The fraction of sp³-hybridized carbons (Fsp3) is 0.500. The number of hydrogen-bond acceptors (Lipinski definition) is 7. The number of nitrogens with two attached hydrogens (primary N) is 1. The molecular formula is C12H19N5O4. The lowest BCUT2D eigenvalue weighted by atomic mass is 10.2. The molecule has 0 saturated heterocycles. The Morgan fingerprint density at radius 1 is 1.52 bits per heavy atom. The van der Waals surface area contributed by atoms with E-state index in [1.54, 1.807) is 11.9 Å². The molecule has 9 nitrogen and oxygen atoms in total. The first-order valence-electron chi connectivity index (χ1n) is 6.45. The minimum absolute atomic E-state index is 0.135. The highest BCUT2D eigenvalue weighted by Gasteiger charge is 2.20. The van der Waals surface area contributed by atoms with Crippen LogP contribution in [0.1, 0.15) is 24.8 Å². The van der Waals surface area contributed by atoms with Crippen LogP contribution in [0.15, 0.2) is 17.4 Å². The number of amidine groups is 1. The van der Waals surface area contributed by atoms with Gasteiger partial charge in [0.2, 0.25) is 5.82 Å². The minimum atomic E-state index is -0.555. The average molecular weight is 297 g/mol. The fourth-order valence-electron chi connectivity index (χ4n) is 1.82. The Labute approximate surface area is 121 Å². The molecule has 1 heterocycles. The van der Waals surface area contributed by atoms with Gasteiger partial charge < -0.3 is 20.9 Å². The Balaban J connectivity index is 2.93. The third-order valence-corrected chi connectivity index (χ3v) is 2.96. The second kappa shape index (κ2) is 8.00. The second-order valence-electron chi connectivity index (χ2n) is 4.51. The van der Waals surface area contributed by atoms with Crippen molar-refractivity contribution in [3.05, 3.63) is 27.9 Å². The molecule has 0 fully saturated rings. The van der Waals surface area contributed by atoms with Gasteiger partial charge >= 0.3 is 5.69 Å². The van der Waals surface area contributed by atoms with E-state index in [1.165, 1.54) is 12.3 Å². The highest BCUT2D eigenvalue weighted by Crippen LogP contribution is 2.25. The van der Waals surface area contributed by atoms with E-state index in [0.29, 0.717) is 13.0 Å². The molecule has 1 aromatic rings. The van der Waals surface area contributed by atoms with E-state index >= 15 is 0 Å². The van der Waals surface area contributed by atoms with Gasteiger partial charge in [-0.25, -0.2) is 4.98 Å². The number of rotatable bonds is 8. The molecule has 0 aromatic carbocycles. The molecule has 0 aliphatic rings. The van der Waals surface area contributed by atoms with Crippen molar-refractivity contribution in [3.8, 4) is 0 Å². The first kappa shape index (κ1) is 16.6. The lowest BCUT2D eigenvalue weighted by molar-refractivity contribution is -0.384. The molecule has 0 spiro atoms. The molecule has 0 aliphatic heterocycles. The molecule has 0 atom stereocenters. The van der Waals surface area contributed by atoms with Crippen LogP contribution in [0.3, 0.4) is 0 Å². The van der Waals surface area contributed by atoms with Crippen molar-refractivity contribution in [3.63, 3.8) is 0 Å². The first-order chi connectivity index (χ1) is 10.0. The van der Waals surface area contributed by atoms with Crippen LogP contribution < -0.4 is 10.6 Å². The lowest BCUT2D eigenvalue weighted by Gasteiger charge is -2.18. The van der Waals surface area contributed by atoms with Crippen LogP contribution in [0, 0.1) is 10.1 Å². The molecule has 0 radical (unpaired) electrons. The number of anilines is 1. The summed E-state index contributed by atoms with van der Waals surface area (Å²) >= 11 is 0. The van der Waals surface area contributed by atoms with Gasteiger partial charge in [-0.15, -0.1) is 0 Å². The van der Waals surface area contributed by atoms with Crippen LogP contribution in [0.4, 0.5) is 11.5 Å². The minimum Gasteiger partial charge on any atom is -0.409 e. The number of aliphatic hydroxyl groups is 1. The van der Waals surface area contributed by atoms with Gasteiger partial charge in [0.05, 0.1) is 4.92 Å². The standard InChI is InChI=1S/C12H19N5O4/c1-16(5-3-2-4-6-18)12-10(17(20)21)7-9(8-14-12)11(13)15-19/h7-8,18-19H,2-6H2,1H3,(H2,13,15). The van der Waals surface area contributed by atoms with Gasteiger partial charge in [0, 0.05) is 38.0 Å². The summed E-state index contributed by atoms with van der Waals surface area (Å²) in [6.07, 6.45) is 3.64. The van der Waals surface area contributed by atoms with Crippen LogP contribution in [0.5, 0.6) is 0 Å². The van der Waals surface area contributed by atoms with Crippen molar-refractivity contribution >= 4 is 17.3 Å². The Kier molecular flexibility index (Phi) is 6.34. The zero-order chi connectivity index (χ0) is 15.8. The van der Waals surface area contributed by atoms with Crippen molar-refractivity contribution in [2.45, 2.75) is 19.3 Å². The van der Waals surface area contributed by atoms with Gasteiger partial charge in [-0.3, -0.25) is 10.1 Å². The molecular weight excluding hydrogens is 278 g/mol. The third kappa shape index (κ3) is 4.56. The molecule has 9 heteroatoms. The summed E-state index contributed by atoms with van der Waals surface area (Å²) in [5.41, 5.74) is 5.38. The van der Waals surface area contributed by atoms with E-state index in [1.807, 2.05) is 0 Å². The normalized spacial score (nSPS) is 11.4. The van der Waals surface area contributed by atoms with E-state index in [0.717, 1.165) is 12.8 Å². The van der Waals surface area contributed by atoms with E-state index in [2.05, 4.69) is 10.1 Å². The van der Waals surface area contributed by atoms with Crippen molar-refractivity contribution in [1.29, 1.82) is 0 Å². The number of aliphatic hydroxyl groups excluding tert-OH is 1. The predicted molar refractivity (Wildman–Crippen MR) is 77.6 cm³/mol. The number of oxime groups is 1. The summed E-state index contributed by atoms with van der Waals surface area (Å²) in [5.74, 6) is -0.0127. The average Bonchev–Trinajstić information content (AvgIpc) is 2.49. The van der Waals surface area contributed by atoms with Crippen molar-refractivity contribution in [2.75, 3.05) is 25.1 Å². The smallest absolute Gasteiger partial charge is 0.312 e. The third-order valence-electron chi connectivity index (χ3n) is 2.96. The molecule has 1 rings (SSSR count). The number of nitrogens with zero attached hydrogens (tertiary/aromatic N) is 4. The van der Waals surface area contributed by atoms with Crippen LogP contribution in [-0.2, 0) is 0 Å². The van der Waals surface area contributed by atoms with E-state index in [4.69, 9.17) is 16.0 Å². The van der Waals surface area contributed by atoms with Gasteiger partial charge in [-0.1, -0.05) is 5.16 Å². The second-order valence-corrected chi connectivity index (χ2v) is 4.51. The zero-order valence-corrected chi connectivity index (χ0v) is 11.8. The molecule has 21 heavy (non-hydrogen) atoms. The summed E-state index contributed by atoms with van der Waals surface area (Å²) < 4.78 is 0. The summed E-state index contributed by atoms with van der Waals surface area (Å²) in [6.45, 7) is 0.716. The summed E-state index contributed by atoms with van der Waals surface area (Å²) in [4.78, 5) is 16.3. The Hall–Kier alpha value is -2.42. The van der Waals surface area contributed by atoms with Gasteiger partial charge in [0.15, 0.2) is 5.84 Å². The van der Waals surface area contributed by atoms with Gasteiger partial charge in [-0.05, 0) is 19.3 Å². The van der Waals surface area contributed by atoms with Crippen molar-refractivity contribution in [1.82, 2.24) is 4.98 Å². The number of nitro groups is 1. The van der Waals surface area contributed by atoms with E-state index in [-0.39, 0.29) is 29.5 Å². The molecule has 4 N–H and O–H groups in total. The van der Waals surface area contributed by atoms with E-state index < -0.39 is 4.92 Å². The maximum absolute atomic E-state index is 11.1. The highest BCUT2D eigenvalue weighted by atomic mass is 16.6. The molecule has 0 saturated carbocycles. The van der Waals surface area contributed by atoms with Gasteiger partial charge in [-0.2, -0.15) is 0 Å². The quantitative estimate of drug-likeness (QED) is 0.160. The fourth-order valence-corrected chi connectivity index (χ4v) is 1.82. The van der Waals surface area contributed by atoms with Crippen molar-refractivity contribution in [2.24, 2.45) is 10.9 Å². The molecule has 116 valence electrons. The first-order valence-corrected chi connectivity index (χ1v) is 6.45. The highest BCUT2D eigenvalue weighted by molar-refractivity contribution is 5.97. The number of unbranched alkanes of at least 4 members (excludes halogenated alkanes) is 2. The molecule has 0 aliphatic carbocycles. The zero-order valence-electron chi connectivity index (χ0n) is 11.8. The largest absolute Gasteiger partial charge is 0.409 e. The van der Waals surface area contributed by atoms with Crippen LogP contribution in [0.2, 0.25) is 0 Å². The summed E-state index contributed by atoms with van der Waals surface area (Å²) in [5, 5.41) is 31.2. The number of pyridine rings is 1. The topological polar surface area (TPSA) is 138 Å². The maximum Gasteiger partial charge on any atom is 0.312 e. The Morgan fingerprint density at radius 3 is 2.81 bits per heavy atom. The van der Waals surface area contributed by atoms with Crippen LogP contribution in [0.25, 0.3) is 0 Å². The van der Waals surface area contributed by atoms with Crippen LogP contribution in [-0.4, -0.2) is 46.3 Å². The van der Waals surface area contributed by atoms with Gasteiger partial charge in [0.25, 0.3) is 0 Å². The van der Waals surface area contributed by atoms with Crippen LogP contribution >= 0.6 is 0 Å². The maximum atomic E-state index is 11.1. The SMILES string of the molecule is CN(CCCCCO)c1ncc(C(N)=NO)cc1[N+](=O)[O-]. The molecule has 0 unspecified atom stereocenters. The summed E-state index contributed by atoms with van der Waals surface area (Å²) in [7, 11) is 1.71. The Bertz CT molecular complexity index is 520. The number of aromatic nitrogens is 1. The predicted octanol–water partition coefficient (Wildman–Crippen LogP) is 0.683. The molecule has 0 amide bonds. The lowest BCUT2D eigenvalue weighted by Crippen LogP contribution is -2.22.